The van der Waals surface area contributed by atoms with E-state index < -0.39 is 12.0 Å². The van der Waals surface area contributed by atoms with Crippen LogP contribution in [0, 0.1) is 0 Å². The van der Waals surface area contributed by atoms with Crippen molar-refractivity contribution in [3.05, 3.63) is 79.6 Å². The van der Waals surface area contributed by atoms with Gasteiger partial charge in [-0.2, -0.15) is 0 Å². The second-order valence-corrected chi connectivity index (χ2v) is 9.55. The Bertz CT molecular complexity index is 1330. The number of halogens is 1. The standard InChI is InChI=1S/C26H25BrN2O6/c1-33-26(32)17-5-3-16(4-6-17)22-21-23(30)19-15-18(27)7-8-20(19)35-24(21)25(31)29(22)10-2-9-28-11-13-34-14-12-28/h3-8,15,22H,2,9-14H2,1H3/t22-/m0/s1. The molecular weight excluding hydrogens is 516 g/mol. The van der Waals surface area contributed by atoms with Gasteiger partial charge in [0.25, 0.3) is 5.91 Å². The molecule has 0 unspecified atom stereocenters. The van der Waals surface area contributed by atoms with Crippen LogP contribution in [-0.4, -0.2) is 68.2 Å². The molecule has 0 saturated carbocycles. The highest BCUT2D eigenvalue weighted by Gasteiger charge is 2.42. The van der Waals surface area contributed by atoms with Crippen LogP contribution in [0.2, 0.25) is 0 Å². The summed E-state index contributed by atoms with van der Waals surface area (Å²) < 4.78 is 17.0. The van der Waals surface area contributed by atoms with Crippen molar-refractivity contribution in [2.45, 2.75) is 12.5 Å². The van der Waals surface area contributed by atoms with Crippen LogP contribution in [0.1, 0.15) is 44.5 Å². The molecule has 3 aromatic rings. The van der Waals surface area contributed by atoms with Crippen LogP contribution in [0.5, 0.6) is 0 Å². The number of fused-ring (bicyclic) bond motifs is 2. The molecule has 0 spiro atoms. The molecule has 3 heterocycles. The van der Waals surface area contributed by atoms with Crippen molar-refractivity contribution in [2.75, 3.05) is 46.5 Å². The Labute approximate surface area is 210 Å². The smallest absolute Gasteiger partial charge is 0.337 e. The van der Waals surface area contributed by atoms with E-state index in [1.165, 1.54) is 7.11 Å². The molecular formula is C26H25BrN2O6. The minimum atomic E-state index is -0.603. The monoisotopic (exact) mass is 540 g/mol. The lowest BCUT2D eigenvalue weighted by Gasteiger charge is -2.29. The van der Waals surface area contributed by atoms with Crippen molar-refractivity contribution in [3.63, 3.8) is 0 Å². The molecule has 9 heteroatoms. The van der Waals surface area contributed by atoms with Crippen LogP contribution < -0.4 is 5.43 Å². The predicted molar refractivity (Wildman–Crippen MR) is 133 cm³/mol. The summed E-state index contributed by atoms with van der Waals surface area (Å²) in [7, 11) is 1.33. The molecule has 8 nitrogen and oxygen atoms in total. The van der Waals surface area contributed by atoms with E-state index in [0.29, 0.717) is 41.9 Å². The van der Waals surface area contributed by atoms with Crippen molar-refractivity contribution in [2.24, 2.45) is 0 Å². The van der Waals surface area contributed by atoms with Gasteiger partial charge >= 0.3 is 5.97 Å². The Balaban J connectivity index is 1.53. The molecule has 1 saturated heterocycles. The fourth-order valence-electron chi connectivity index (χ4n) is 4.78. The van der Waals surface area contributed by atoms with Gasteiger partial charge in [-0.15, -0.1) is 0 Å². The zero-order valence-corrected chi connectivity index (χ0v) is 20.9. The Morgan fingerprint density at radius 1 is 1.09 bits per heavy atom. The predicted octanol–water partition coefficient (Wildman–Crippen LogP) is 3.61. The molecule has 35 heavy (non-hydrogen) atoms. The molecule has 182 valence electrons. The highest BCUT2D eigenvalue weighted by atomic mass is 79.9. The Morgan fingerprint density at radius 3 is 2.54 bits per heavy atom. The van der Waals surface area contributed by atoms with E-state index in [0.717, 1.165) is 36.1 Å². The third-order valence-corrected chi connectivity index (χ3v) is 7.05. The molecule has 1 amide bonds. The number of benzene rings is 2. The van der Waals surface area contributed by atoms with E-state index in [1.54, 1.807) is 47.4 Å². The van der Waals surface area contributed by atoms with Gasteiger partial charge in [-0.05, 0) is 42.3 Å². The summed E-state index contributed by atoms with van der Waals surface area (Å²) in [5, 5.41) is 0.414. The summed E-state index contributed by atoms with van der Waals surface area (Å²) in [6.07, 6.45) is 0.746. The minimum absolute atomic E-state index is 0.0817. The number of rotatable bonds is 6. The summed E-state index contributed by atoms with van der Waals surface area (Å²) >= 11 is 3.42. The number of amides is 1. The number of carbonyl (C=O) groups is 2. The zero-order chi connectivity index (χ0) is 24.5. The van der Waals surface area contributed by atoms with Crippen molar-refractivity contribution in [3.8, 4) is 0 Å². The molecule has 1 atom stereocenters. The van der Waals surface area contributed by atoms with E-state index in [2.05, 4.69) is 20.8 Å². The van der Waals surface area contributed by atoms with Crippen LogP contribution in [0.15, 0.2) is 56.1 Å². The Hall–Kier alpha value is -3.01. The molecule has 0 aliphatic carbocycles. The Morgan fingerprint density at radius 2 is 1.83 bits per heavy atom. The second-order valence-electron chi connectivity index (χ2n) is 8.64. The average molecular weight is 541 g/mol. The Kier molecular flexibility index (Phi) is 6.73. The SMILES string of the molecule is COC(=O)c1ccc([C@H]2c3c(oc4ccc(Br)cc4c3=O)C(=O)N2CCCN2CCOCC2)cc1. The topological polar surface area (TPSA) is 89.3 Å². The first-order valence-corrected chi connectivity index (χ1v) is 12.3. The summed E-state index contributed by atoms with van der Waals surface area (Å²) in [5.74, 6) is -0.665. The number of hydrogen-bond acceptors (Lipinski definition) is 7. The van der Waals surface area contributed by atoms with Crippen LogP contribution in [-0.2, 0) is 9.47 Å². The summed E-state index contributed by atoms with van der Waals surface area (Å²) in [6.45, 7) is 4.45. The van der Waals surface area contributed by atoms with Crippen LogP contribution in [0.4, 0.5) is 0 Å². The van der Waals surface area contributed by atoms with Gasteiger partial charge in [-0.3, -0.25) is 14.5 Å². The van der Waals surface area contributed by atoms with E-state index in [9.17, 15) is 14.4 Å². The fourth-order valence-corrected chi connectivity index (χ4v) is 5.14. The number of morpholine rings is 1. The molecule has 0 radical (unpaired) electrons. The van der Waals surface area contributed by atoms with Crippen molar-refractivity contribution in [1.82, 2.24) is 9.80 Å². The third kappa shape index (κ3) is 4.51. The van der Waals surface area contributed by atoms with Gasteiger partial charge in [0.15, 0.2) is 5.43 Å². The molecule has 2 aromatic carbocycles. The third-order valence-electron chi connectivity index (χ3n) is 6.55. The van der Waals surface area contributed by atoms with E-state index >= 15 is 0 Å². The van der Waals surface area contributed by atoms with Gasteiger partial charge in [0, 0.05) is 30.7 Å². The second kappa shape index (κ2) is 9.93. The van der Waals surface area contributed by atoms with Gasteiger partial charge in [-0.1, -0.05) is 28.1 Å². The maximum Gasteiger partial charge on any atom is 0.337 e. The molecule has 1 fully saturated rings. The van der Waals surface area contributed by atoms with Crippen LogP contribution in [0.25, 0.3) is 11.0 Å². The fraction of sp³-hybridized carbons (Fsp3) is 0.346. The average Bonchev–Trinajstić information content (AvgIpc) is 3.16. The van der Waals surface area contributed by atoms with Gasteiger partial charge < -0.3 is 18.8 Å². The molecule has 1 aromatic heterocycles. The lowest BCUT2D eigenvalue weighted by molar-refractivity contribution is 0.0353. The van der Waals surface area contributed by atoms with Crippen molar-refractivity contribution >= 4 is 38.8 Å². The number of methoxy groups -OCH3 is 1. The normalized spacial score (nSPS) is 18.2. The van der Waals surface area contributed by atoms with Crippen molar-refractivity contribution in [1.29, 1.82) is 0 Å². The van der Waals surface area contributed by atoms with Gasteiger partial charge in [0.1, 0.15) is 5.58 Å². The van der Waals surface area contributed by atoms with Gasteiger partial charge in [0.05, 0.1) is 42.9 Å². The lowest BCUT2D eigenvalue weighted by atomic mass is 9.97. The molecule has 0 N–H and O–H groups in total. The maximum absolute atomic E-state index is 13.6. The molecule has 5 rings (SSSR count). The van der Waals surface area contributed by atoms with Gasteiger partial charge in [0.2, 0.25) is 5.76 Å². The number of nitrogens with zero attached hydrogens (tertiary/aromatic N) is 2. The van der Waals surface area contributed by atoms with E-state index in [-0.39, 0.29) is 17.1 Å². The number of ether oxygens (including phenoxy) is 2. The van der Waals surface area contributed by atoms with Gasteiger partial charge in [-0.25, -0.2) is 4.79 Å². The summed E-state index contributed by atoms with van der Waals surface area (Å²) in [4.78, 5) is 43.1. The highest BCUT2D eigenvalue weighted by molar-refractivity contribution is 9.10. The first-order valence-electron chi connectivity index (χ1n) is 11.5. The molecule has 2 aliphatic rings. The first kappa shape index (κ1) is 23.7. The number of esters is 1. The molecule has 0 bridgehead atoms. The molecule has 2 aliphatic heterocycles. The number of hydrogen-bond donors (Lipinski definition) is 0. The van der Waals surface area contributed by atoms with Crippen LogP contribution in [0.3, 0.4) is 0 Å². The van der Waals surface area contributed by atoms with E-state index in [4.69, 9.17) is 13.9 Å². The highest BCUT2D eigenvalue weighted by Crippen LogP contribution is 2.38. The number of carbonyl (C=O) groups excluding carboxylic acids is 2. The van der Waals surface area contributed by atoms with E-state index in [1.807, 2.05) is 0 Å². The lowest BCUT2D eigenvalue weighted by Crippen LogP contribution is -2.38. The summed E-state index contributed by atoms with van der Waals surface area (Å²) in [6, 6.07) is 11.4. The zero-order valence-electron chi connectivity index (χ0n) is 19.3. The van der Waals surface area contributed by atoms with Crippen molar-refractivity contribution < 1.29 is 23.5 Å². The summed E-state index contributed by atoms with van der Waals surface area (Å²) in [5.41, 5.74) is 1.61. The largest absolute Gasteiger partial charge is 0.465 e. The maximum atomic E-state index is 13.6. The minimum Gasteiger partial charge on any atom is -0.465 e. The quantitative estimate of drug-likeness (QED) is 0.441. The van der Waals surface area contributed by atoms with Crippen LogP contribution >= 0.6 is 15.9 Å². The first-order chi connectivity index (χ1) is 17.0.